The van der Waals surface area contributed by atoms with E-state index in [0.717, 1.165) is 0 Å². The smallest absolute Gasteiger partial charge is 0.223 e. The number of nitrogens with zero attached hydrogens (tertiary/aromatic N) is 5. The Labute approximate surface area is 62.8 Å². The van der Waals surface area contributed by atoms with E-state index in [-0.39, 0.29) is 0 Å². The molecule has 0 N–H and O–H groups in total. The van der Waals surface area contributed by atoms with Gasteiger partial charge in [-0.15, -0.1) is 0 Å². The van der Waals surface area contributed by atoms with Gasteiger partial charge in [0.15, 0.2) is 0 Å². The fourth-order valence-electron chi connectivity index (χ4n) is 0.683. The van der Waals surface area contributed by atoms with Crippen molar-refractivity contribution in [2.45, 2.75) is 0 Å². The number of rotatable bonds is 1. The first-order chi connectivity index (χ1) is 5.47. The molecule has 2 aromatic rings. The Hall–Kier alpha value is -1.78. The van der Waals surface area contributed by atoms with E-state index < -0.39 is 0 Å². The van der Waals surface area contributed by atoms with E-state index in [9.17, 15) is 0 Å². The Bertz CT molecular complexity index is 314. The Morgan fingerprint density at radius 2 is 2.45 bits per heavy atom. The van der Waals surface area contributed by atoms with Crippen LogP contribution in [0.5, 0.6) is 0 Å². The van der Waals surface area contributed by atoms with E-state index in [2.05, 4.69) is 26.2 Å². The number of hydrogen-bond acceptors (Lipinski definition) is 4. The monoisotopic (exact) mass is 146 g/mol. The minimum Gasteiger partial charge on any atom is -0.223 e. The summed E-state index contributed by atoms with van der Waals surface area (Å²) in [6.07, 6.45) is 7.21. The zero-order valence-corrected chi connectivity index (χ0v) is 5.55. The molecule has 2 aromatic heterocycles. The van der Waals surface area contributed by atoms with Crippen molar-refractivity contribution in [3.8, 4) is 5.95 Å². The average molecular weight is 146 g/mol. The molecule has 0 aromatic carbocycles. The topological polar surface area (TPSA) is 56.5 Å². The molecule has 0 unspecified atom stereocenters. The first-order valence-electron chi connectivity index (χ1n) is 3.01. The van der Waals surface area contributed by atoms with Crippen molar-refractivity contribution in [2.75, 3.05) is 0 Å². The van der Waals surface area contributed by atoms with Crippen molar-refractivity contribution in [3.05, 3.63) is 31.1 Å². The van der Waals surface area contributed by atoms with E-state index >= 15 is 0 Å². The van der Waals surface area contributed by atoms with Crippen LogP contribution >= 0.6 is 0 Å². The Morgan fingerprint density at radius 1 is 1.45 bits per heavy atom. The lowest BCUT2D eigenvalue weighted by molar-refractivity contribution is 0.805. The Balaban J connectivity index is 2.46. The van der Waals surface area contributed by atoms with Gasteiger partial charge in [-0.25, -0.2) is 15.0 Å². The molecule has 53 valence electrons. The predicted octanol–water partition coefficient (Wildman–Crippen LogP) is -0.143. The average Bonchev–Trinajstić information content (AvgIpc) is 2.58. The van der Waals surface area contributed by atoms with Gasteiger partial charge in [-0.05, 0) is 6.07 Å². The third-order valence-corrected chi connectivity index (χ3v) is 1.13. The van der Waals surface area contributed by atoms with E-state index in [1.165, 1.54) is 17.3 Å². The van der Waals surface area contributed by atoms with E-state index in [1.54, 1.807) is 12.3 Å². The van der Waals surface area contributed by atoms with Gasteiger partial charge in [0.2, 0.25) is 0 Å². The van der Waals surface area contributed by atoms with Gasteiger partial charge >= 0.3 is 0 Å². The third kappa shape index (κ3) is 1.07. The lowest BCUT2D eigenvalue weighted by Gasteiger charge is -1.93. The number of aromatic nitrogens is 5. The molecule has 0 fully saturated rings. The molecule has 0 aliphatic rings. The van der Waals surface area contributed by atoms with Gasteiger partial charge in [0, 0.05) is 6.20 Å². The normalized spacial score (nSPS) is 9.82. The summed E-state index contributed by atoms with van der Waals surface area (Å²) in [7, 11) is 0. The maximum atomic E-state index is 3.94. The summed E-state index contributed by atoms with van der Waals surface area (Å²) in [4.78, 5) is 11.5. The van der Waals surface area contributed by atoms with Crippen LogP contribution in [0, 0.1) is 6.20 Å². The summed E-state index contributed by atoms with van der Waals surface area (Å²) in [5.74, 6) is 0.477. The Kier molecular flexibility index (Phi) is 1.33. The zero-order chi connectivity index (χ0) is 7.52. The molecule has 5 nitrogen and oxygen atoms in total. The lowest BCUT2D eigenvalue weighted by Crippen LogP contribution is -1.99. The van der Waals surface area contributed by atoms with Crippen molar-refractivity contribution in [1.82, 2.24) is 24.7 Å². The highest BCUT2D eigenvalue weighted by Gasteiger charge is 1.95. The molecule has 0 atom stereocenters. The number of hydrogen-bond donors (Lipinski definition) is 0. The molecular formula is C6H4N5. The van der Waals surface area contributed by atoms with Crippen LogP contribution in [0.15, 0.2) is 24.9 Å². The van der Waals surface area contributed by atoms with Crippen LogP contribution in [-0.4, -0.2) is 24.7 Å². The van der Waals surface area contributed by atoms with Crippen molar-refractivity contribution in [2.24, 2.45) is 0 Å². The zero-order valence-electron chi connectivity index (χ0n) is 5.55. The van der Waals surface area contributed by atoms with Gasteiger partial charge < -0.3 is 0 Å². The highest BCUT2D eigenvalue weighted by molar-refractivity contribution is 5.04. The van der Waals surface area contributed by atoms with Gasteiger partial charge in [-0.2, -0.15) is 9.78 Å². The second-order valence-corrected chi connectivity index (χ2v) is 1.83. The molecule has 0 saturated heterocycles. The molecule has 11 heavy (non-hydrogen) atoms. The molecule has 0 spiro atoms. The van der Waals surface area contributed by atoms with Gasteiger partial charge in [0.25, 0.3) is 5.95 Å². The largest absolute Gasteiger partial charge is 0.252 e. The highest BCUT2D eigenvalue weighted by Crippen LogP contribution is 1.91. The molecule has 0 aliphatic carbocycles. The third-order valence-electron chi connectivity index (χ3n) is 1.13. The predicted molar refractivity (Wildman–Crippen MR) is 35.8 cm³/mol. The van der Waals surface area contributed by atoms with Crippen molar-refractivity contribution < 1.29 is 0 Å². The van der Waals surface area contributed by atoms with Gasteiger partial charge in [-0.3, -0.25) is 0 Å². The molecule has 0 aliphatic heterocycles. The van der Waals surface area contributed by atoms with Crippen LogP contribution in [0.2, 0.25) is 0 Å². The van der Waals surface area contributed by atoms with Crippen molar-refractivity contribution >= 4 is 0 Å². The fraction of sp³-hybridized carbons (Fsp3) is 0. The SMILES string of the molecule is [c]1ccnc(-n2cncn2)n1. The standard InChI is InChI=1S/C6H4N5/c1-2-8-6(9-3-1)11-5-7-4-10-11/h1-2,4-5H. The molecule has 2 heterocycles. The molecular weight excluding hydrogens is 142 g/mol. The minimum absolute atomic E-state index is 0.477. The summed E-state index contributed by atoms with van der Waals surface area (Å²) < 4.78 is 1.47. The molecule has 0 amide bonds. The fourth-order valence-corrected chi connectivity index (χ4v) is 0.683. The highest BCUT2D eigenvalue weighted by atomic mass is 15.4. The first kappa shape index (κ1) is 5.96. The van der Waals surface area contributed by atoms with Gasteiger partial charge in [0.1, 0.15) is 12.7 Å². The van der Waals surface area contributed by atoms with Crippen LogP contribution in [0.4, 0.5) is 0 Å². The van der Waals surface area contributed by atoms with Crippen molar-refractivity contribution in [1.29, 1.82) is 0 Å². The maximum absolute atomic E-state index is 3.94. The quantitative estimate of drug-likeness (QED) is 0.561. The van der Waals surface area contributed by atoms with Crippen molar-refractivity contribution in [3.63, 3.8) is 0 Å². The van der Waals surface area contributed by atoms with Crippen LogP contribution in [0.3, 0.4) is 0 Å². The first-order valence-corrected chi connectivity index (χ1v) is 3.01. The second-order valence-electron chi connectivity index (χ2n) is 1.83. The second kappa shape index (κ2) is 2.45. The molecule has 0 bridgehead atoms. The maximum Gasteiger partial charge on any atom is 0.252 e. The van der Waals surface area contributed by atoms with E-state index in [0.29, 0.717) is 5.95 Å². The van der Waals surface area contributed by atoms with Crippen LogP contribution in [0.1, 0.15) is 0 Å². The Morgan fingerprint density at radius 3 is 3.09 bits per heavy atom. The summed E-state index contributed by atoms with van der Waals surface area (Å²) in [6.45, 7) is 0. The van der Waals surface area contributed by atoms with Crippen LogP contribution in [-0.2, 0) is 0 Å². The summed E-state index contributed by atoms with van der Waals surface area (Å²) in [5.41, 5.74) is 0. The van der Waals surface area contributed by atoms with Gasteiger partial charge in [0.05, 0.1) is 6.20 Å². The summed E-state index contributed by atoms with van der Waals surface area (Å²) >= 11 is 0. The minimum atomic E-state index is 0.477. The molecule has 1 radical (unpaired) electrons. The summed E-state index contributed by atoms with van der Waals surface area (Å²) in [5, 5.41) is 3.85. The van der Waals surface area contributed by atoms with E-state index in [1.807, 2.05) is 0 Å². The molecule has 2 rings (SSSR count). The van der Waals surface area contributed by atoms with Gasteiger partial charge in [-0.1, -0.05) is 0 Å². The lowest BCUT2D eigenvalue weighted by atomic mass is 10.7. The molecule has 0 saturated carbocycles. The van der Waals surface area contributed by atoms with Crippen LogP contribution < -0.4 is 0 Å². The van der Waals surface area contributed by atoms with E-state index in [4.69, 9.17) is 0 Å². The molecule has 5 heteroatoms. The summed E-state index contributed by atoms with van der Waals surface area (Å²) in [6, 6.07) is 1.63. The van der Waals surface area contributed by atoms with Crippen LogP contribution in [0.25, 0.3) is 5.95 Å².